The summed E-state index contributed by atoms with van der Waals surface area (Å²) in [7, 11) is 0. The first-order valence-corrected chi connectivity index (χ1v) is 10.3. The number of aromatic nitrogens is 2. The van der Waals surface area contributed by atoms with E-state index in [1.807, 2.05) is 31.2 Å². The molecule has 2 aromatic heterocycles. The van der Waals surface area contributed by atoms with Crippen LogP contribution in [0.5, 0.6) is 0 Å². The molecule has 1 aliphatic rings. The molecule has 1 aliphatic carbocycles. The molecule has 27 heavy (non-hydrogen) atoms. The van der Waals surface area contributed by atoms with Gasteiger partial charge in [0.1, 0.15) is 11.4 Å². The zero-order chi connectivity index (χ0) is 18.8. The van der Waals surface area contributed by atoms with Crippen LogP contribution in [0.1, 0.15) is 40.8 Å². The quantitative estimate of drug-likeness (QED) is 0.705. The summed E-state index contributed by atoms with van der Waals surface area (Å²) in [5, 5.41) is 3.63. The van der Waals surface area contributed by atoms with Crippen molar-refractivity contribution in [3.05, 3.63) is 62.5 Å². The molecule has 3 aromatic rings. The first-order chi connectivity index (χ1) is 13.1. The van der Waals surface area contributed by atoms with E-state index >= 15 is 0 Å². The molecule has 0 unspecified atom stereocenters. The van der Waals surface area contributed by atoms with Crippen molar-refractivity contribution in [3.8, 4) is 0 Å². The molecule has 5 nitrogen and oxygen atoms in total. The van der Waals surface area contributed by atoms with Crippen LogP contribution in [0.25, 0.3) is 10.2 Å². The van der Waals surface area contributed by atoms with Gasteiger partial charge in [0.25, 0.3) is 5.56 Å². The Hall–Kier alpha value is -2.47. The Kier molecular flexibility index (Phi) is 5.07. The van der Waals surface area contributed by atoms with Crippen LogP contribution in [0.2, 0.25) is 0 Å². The second-order valence-electron chi connectivity index (χ2n) is 7.13. The number of aryl methyl sites for hydroxylation is 3. The van der Waals surface area contributed by atoms with Crippen LogP contribution in [0.15, 0.2) is 35.4 Å². The fraction of sp³-hybridized carbons (Fsp3) is 0.381. The minimum absolute atomic E-state index is 0.00171. The zero-order valence-corrected chi connectivity index (χ0v) is 16.3. The number of nitrogens with zero attached hydrogens (tertiary/aromatic N) is 2. The Morgan fingerprint density at radius 1 is 1.22 bits per heavy atom. The highest BCUT2D eigenvalue weighted by Gasteiger charge is 2.19. The Morgan fingerprint density at radius 3 is 2.89 bits per heavy atom. The van der Waals surface area contributed by atoms with Gasteiger partial charge >= 0.3 is 0 Å². The second kappa shape index (κ2) is 7.64. The van der Waals surface area contributed by atoms with Gasteiger partial charge in [0.15, 0.2) is 0 Å². The van der Waals surface area contributed by atoms with Crippen LogP contribution < -0.4 is 10.9 Å². The first-order valence-electron chi connectivity index (χ1n) is 9.44. The summed E-state index contributed by atoms with van der Waals surface area (Å²) >= 11 is 1.64. The number of rotatable bonds is 4. The second-order valence-corrected chi connectivity index (χ2v) is 8.21. The van der Waals surface area contributed by atoms with E-state index in [0.717, 1.165) is 40.6 Å². The highest BCUT2D eigenvalue weighted by Crippen LogP contribution is 2.32. The molecule has 140 valence electrons. The Morgan fingerprint density at radius 2 is 2.04 bits per heavy atom. The summed E-state index contributed by atoms with van der Waals surface area (Å²) in [5.74, 6) is -0.178. The maximum Gasteiger partial charge on any atom is 0.262 e. The van der Waals surface area contributed by atoms with Crippen molar-refractivity contribution in [2.45, 2.75) is 52.1 Å². The van der Waals surface area contributed by atoms with E-state index in [9.17, 15) is 9.59 Å². The molecule has 0 saturated heterocycles. The smallest absolute Gasteiger partial charge is 0.262 e. The topological polar surface area (TPSA) is 64.0 Å². The predicted octanol–water partition coefficient (Wildman–Crippen LogP) is 3.35. The highest BCUT2D eigenvalue weighted by molar-refractivity contribution is 7.18. The van der Waals surface area contributed by atoms with E-state index < -0.39 is 0 Å². The van der Waals surface area contributed by atoms with Crippen LogP contribution >= 0.6 is 11.3 Å². The van der Waals surface area contributed by atoms with Crippen LogP contribution in [-0.4, -0.2) is 15.5 Å². The van der Waals surface area contributed by atoms with Gasteiger partial charge in [0.05, 0.1) is 11.7 Å². The molecule has 2 heterocycles. The van der Waals surface area contributed by atoms with Crippen LogP contribution in [-0.2, 0) is 30.7 Å². The number of thiophene rings is 1. The molecule has 0 aliphatic heterocycles. The van der Waals surface area contributed by atoms with Crippen molar-refractivity contribution < 1.29 is 4.79 Å². The number of carbonyl (C=O) groups is 1. The Balaban J connectivity index is 1.54. The lowest BCUT2D eigenvalue weighted by Crippen LogP contribution is -2.32. The maximum absolute atomic E-state index is 13.0. The van der Waals surface area contributed by atoms with Gasteiger partial charge in [-0.1, -0.05) is 30.7 Å². The summed E-state index contributed by atoms with van der Waals surface area (Å²) < 4.78 is 1.44. The van der Waals surface area contributed by atoms with E-state index in [2.05, 4.69) is 10.3 Å². The van der Waals surface area contributed by atoms with Crippen LogP contribution in [0.4, 0.5) is 0 Å². The number of fused-ring (bicyclic) bond motifs is 3. The van der Waals surface area contributed by atoms with Crippen LogP contribution in [0.3, 0.4) is 0 Å². The Labute approximate surface area is 162 Å². The summed E-state index contributed by atoms with van der Waals surface area (Å²) in [6, 6.07) is 7.95. The fourth-order valence-corrected chi connectivity index (χ4v) is 4.90. The molecule has 1 amide bonds. The number of hydrogen-bond acceptors (Lipinski definition) is 4. The largest absolute Gasteiger partial charge is 0.350 e. The third kappa shape index (κ3) is 3.67. The number of carbonyl (C=O) groups excluding carboxylic acids is 1. The summed E-state index contributed by atoms with van der Waals surface area (Å²) in [6.45, 7) is 2.48. The van der Waals surface area contributed by atoms with Crippen molar-refractivity contribution in [2.24, 2.45) is 0 Å². The number of hydrogen-bond donors (Lipinski definition) is 1. The third-order valence-corrected chi connectivity index (χ3v) is 6.44. The molecule has 0 saturated carbocycles. The average Bonchev–Trinajstić information content (AvgIpc) is 2.86. The van der Waals surface area contributed by atoms with Gasteiger partial charge in [0, 0.05) is 11.4 Å². The van der Waals surface area contributed by atoms with Crippen molar-refractivity contribution in [3.63, 3.8) is 0 Å². The zero-order valence-electron chi connectivity index (χ0n) is 15.5. The molecule has 6 heteroatoms. The fourth-order valence-electron chi connectivity index (χ4n) is 3.68. The lowest BCUT2D eigenvalue weighted by molar-refractivity contribution is -0.121. The SMILES string of the molecule is Cc1ccccc1CNC(=O)Cn1cnc2sc3c(c2c1=O)CCCCC3. The highest BCUT2D eigenvalue weighted by atomic mass is 32.1. The standard InChI is InChI=1S/C21H23N3O2S/c1-14-7-5-6-8-15(14)11-22-18(25)12-24-13-23-20-19(21(24)26)16-9-3-2-4-10-17(16)27-20/h5-8,13H,2-4,9-12H2,1H3,(H,22,25). The molecule has 0 fully saturated rings. The lowest BCUT2D eigenvalue weighted by atomic mass is 10.1. The predicted molar refractivity (Wildman–Crippen MR) is 108 cm³/mol. The van der Waals surface area contributed by atoms with E-state index in [4.69, 9.17) is 0 Å². The molecule has 0 radical (unpaired) electrons. The normalized spacial score (nSPS) is 14.0. The van der Waals surface area contributed by atoms with E-state index in [0.29, 0.717) is 6.54 Å². The molecular formula is C21H23N3O2S. The number of amides is 1. The van der Waals surface area contributed by atoms with Crippen molar-refractivity contribution >= 4 is 27.5 Å². The average molecular weight is 382 g/mol. The summed E-state index contributed by atoms with van der Waals surface area (Å²) in [5.41, 5.74) is 3.29. The van der Waals surface area contributed by atoms with E-state index in [1.54, 1.807) is 11.3 Å². The molecule has 0 atom stereocenters. The van der Waals surface area contributed by atoms with Gasteiger partial charge in [-0.25, -0.2) is 4.98 Å². The van der Waals surface area contributed by atoms with Crippen molar-refractivity contribution in [1.29, 1.82) is 0 Å². The summed E-state index contributed by atoms with van der Waals surface area (Å²) in [4.78, 5) is 31.9. The molecule has 0 bridgehead atoms. The maximum atomic E-state index is 13.0. The van der Waals surface area contributed by atoms with Gasteiger partial charge in [-0.15, -0.1) is 11.3 Å². The van der Waals surface area contributed by atoms with Gasteiger partial charge in [-0.05, 0) is 49.3 Å². The third-order valence-electron chi connectivity index (χ3n) is 5.24. The van der Waals surface area contributed by atoms with E-state index in [-0.39, 0.29) is 18.0 Å². The van der Waals surface area contributed by atoms with Crippen molar-refractivity contribution in [2.75, 3.05) is 0 Å². The lowest BCUT2D eigenvalue weighted by Gasteiger charge is -2.09. The monoisotopic (exact) mass is 381 g/mol. The molecule has 0 spiro atoms. The first kappa shape index (κ1) is 17.9. The number of benzene rings is 1. The molecular weight excluding hydrogens is 358 g/mol. The van der Waals surface area contributed by atoms with Gasteiger partial charge in [-0.2, -0.15) is 0 Å². The molecule has 1 N–H and O–H groups in total. The number of nitrogens with one attached hydrogen (secondary N) is 1. The minimum Gasteiger partial charge on any atom is -0.350 e. The Bertz CT molecular complexity index is 1050. The molecule has 1 aromatic carbocycles. The minimum atomic E-state index is -0.178. The van der Waals surface area contributed by atoms with E-state index in [1.165, 1.54) is 34.2 Å². The van der Waals surface area contributed by atoms with Gasteiger partial charge in [-0.3, -0.25) is 14.2 Å². The van der Waals surface area contributed by atoms with Gasteiger partial charge in [0.2, 0.25) is 5.91 Å². The van der Waals surface area contributed by atoms with Crippen molar-refractivity contribution in [1.82, 2.24) is 14.9 Å². The summed E-state index contributed by atoms with van der Waals surface area (Å²) in [6.07, 6.45) is 6.98. The molecule has 4 rings (SSSR count). The van der Waals surface area contributed by atoms with Gasteiger partial charge < -0.3 is 5.32 Å². The van der Waals surface area contributed by atoms with Crippen LogP contribution in [0, 0.1) is 6.92 Å².